The molecule has 2 unspecified atom stereocenters. The fourth-order valence-electron chi connectivity index (χ4n) is 3.65. The second-order valence-electron chi connectivity index (χ2n) is 6.63. The van der Waals surface area contributed by atoms with E-state index in [2.05, 4.69) is 13.8 Å². The van der Waals surface area contributed by atoms with Crippen LogP contribution in [0.5, 0.6) is 11.5 Å². The maximum Gasteiger partial charge on any atom is 0.127 e. The van der Waals surface area contributed by atoms with Gasteiger partial charge in [-0.3, -0.25) is 0 Å². The molecule has 0 aliphatic heterocycles. The van der Waals surface area contributed by atoms with Crippen LogP contribution in [0.1, 0.15) is 51.5 Å². The Bertz CT molecular complexity index is 450. The Balaban J connectivity index is 2.35. The van der Waals surface area contributed by atoms with E-state index in [1.165, 1.54) is 19.3 Å². The number of nitrogens with two attached hydrogens (primary N) is 1. The number of hydrogen-bond donors (Lipinski definition) is 1. The minimum atomic E-state index is -0.346. The highest BCUT2D eigenvalue weighted by Crippen LogP contribution is 2.45. The second kappa shape index (κ2) is 6.69. The molecule has 1 aliphatic rings. The quantitative estimate of drug-likeness (QED) is 0.850. The third-order valence-corrected chi connectivity index (χ3v) is 5.03. The molecular weight excluding hydrogens is 262 g/mol. The molecule has 1 aliphatic carbocycles. The summed E-state index contributed by atoms with van der Waals surface area (Å²) in [5.41, 5.74) is 7.53. The summed E-state index contributed by atoms with van der Waals surface area (Å²) in [7, 11) is 3.41. The topological polar surface area (TPSA) is 44.5 Å². The fourth-order valence-corrected chi connectivity index (χ4v) is 3.65. The molecular formula is C18H29NO2. The lowest BCUT2D eigenvalue weighted by atomic mass is 9.81. The molecule has 3 heteroatoms. The lowest BCUT2D eigenvalue weighted by Gasteiger charge is -2.32. The van der Waals surface area contributed by atoms with Crippen molar-refractivity contribution in [3.8, 4) is 11.5 Å². The Morgan fingerprint density at radius 1 is 1.10 bits per heavy atom. The maximum atomic E-state index is 6.84. The van der Waals surface area contributed by atoms with E-state index in [4.69, 9.17) is 15.2 Å². The van der Waals surface area contributed by atoms with E-state index >= 15 is 0 Å². The summed E-state index contributed by atoms with van der Waals surface area (Å²) in [4.78, 5) is 0. The third kappa shape index (κ3) is 3.34. The zero-order valence-electron chi connectivity index (χ0n) is 13.8. The predicted molar refractivity (Wildman–Crippen MR) is 86.8 cm³/mol. The summed E-state index contributed by atoms with van der Waals surface area (Å²) in [6.45, 7) is 4.63. The lowest BCUT2D eigenvalue weighted by Crippen LogP contribution is -2.37. The molecule has 1 saturated carbocycles. The van der Waals surface area contributed by atoms with Gasteiger partial charge in [0.2, 0.25) is 0 Å². The summed E-state index contributed by atoms with van der Waals surface area (Å²) in [6.07, 6.45) is 5.60. The molecule has 0 saturated heterocycles. The number of rotatable bonds is 4. The summed E-state index contributed by atoms with van der Waals surface area (Å²) in [5, 5.41) is 0. The van der Waals surface area contributed by atoms with Crippen molar-refractivity contribution in [1.82, 2.24) is 0 Å². The molecule has 2 rings (SSSR count). The number of hydrogen-bond acceptors (Lipinski definition) is 3. The first kappa shape index (κ1) is 16.2. The van der Waals surface area contributed by atoms with Crippen LogP contribution in [0.2, 0.25) is 0 Å². The van der Waals surface area contributed by atoms with Crippen molar-refractivity contribution in [2.45, 2.75) is 51.5 Å². The van der Waals surface area contributed by atoms with Gasteiger partial charge in [0.05, 0.1) is 19.8 Å². The lowest BCUT2D eigenvalue weighted by molar-refractivity contribution is 0.306. The minimum Gasteiger partial charge on any atom is -0.496 e. The van der Waals surface area contributed by atoms with Gasteiger partial charge in [-0.15, -0.1) is 0 Å². The predicted octanol–water partition coefficient (Wildman–Crippen LogP) is 4.09. The van der Waals surface area contributed by atoms with Crippen molar-refractivity contribution in [2.75, 3.05) is 14.2 Å². The summed E-state index contributed by atoms with van der Waals surface area (Å²) in [6, 6.07) is 5.92. The first-order valence-corrected chi connectivity index (χ1v) is 8.02. The Labute approximate surface area is 128 Å². The monoisotopic (exact) mass is 291 g/mol. The third-order valence-electron chi connectivity index (χ3n) is 5.03. The van der Waals surface area contributed by atoms with Crippen molar-refractivity contribution >= 4 is 0 Å². The normalized spacial score (nSPS) is 26.5. The Morgan fingerprint density at radius 2 is 1.71 bits per heavy atom. The first-order chi connectivity index (χ1) is 10.0. The summed E-state index contributed by atoms with van der Waals surface area (Å²) in [5.74, 6) is 3.20. The van der Waals surface area contributed by atoms with Crippen LogP contribution in [0, 0.1) is 11.8 Å². The molecule has 118 valence electrons. The minimum absolute atomic E-state index is 0.346. The summed E-state index contributed by atoms with van der Waals surface area (Å²) >= 11 is 0. The zero-order chi connectivity index (χ0) is 15.5. The van der Waals surface area contributed by atoms with Crippen molar-refractivity contribution < 1.29 is 9.47 Å². The van der Waals surface area contributed by atoms with E-state index in [0.717, 1.165) is 41.7 Å². The van der Waals surface area contributed by atoms with E-state index < -0.39 is 0 Å². The van der Waals surface area contributed by atoms with Crippen LogP contribution in [-0.4, -0.2) is 14.2 Å². The van der Waals surface area contributed by atoms with Gasteiger partial charge < -0.3 is 15.2 Å². The molecule has 2 atom stereocenters. The number of methoxy groups -OCH3 is 2. The van der Waals surface area contributed by atoms with Crippen molar-refractivity contribution in [3.05, 3.63) is 23.8 Å². The van der Waals surface area contributed by atoms with Crippen molar-refractivity contribution in [3.63, 3.8) is 0 Å². The van der Waals surface area contributed by atoms with E-state index in [-0.39, 0.29) is 5.54 Å². The summed E-state index contributed by atoms with van der Waals surface area (Å²) < 4.78 is 11.1. The van der Waals surface area contributed by atoms with Gasteiger partial charge in [0.15, 0.2) is 0 Å². The van der Waals surface area contributed by atoms with Crippen LogP contribution in [0.4, 0.5) is 0 Å². The van der Waals surface area contributed by atoms with Gasteiger partial charge in [-0.1, -0.05) is 32.8 Å². The Morgan fingerprint density at radius 3 is 2.24 bits per heavy atom. The van der Waals surface area contributed by atoms with Gasteiger partial charge in [-0.05, 0) is 43.2 Å². The number of ether oxygens (including phenoxy) is 2. The fraction of sp³-hybridized carbons (Fsp3) is 0.667. The molecule has 1 aromatic rings. The molecule has 2 N–H and O–H groups in total. The van der Waals surface area contributed by atoms with Gasteiger partial charge in [-0.25, -0.2) is 0 Å². The molecule has 0 amide bonds. The van der Waals surface area contributed by atoms with E-state index in [9.17, 15) is 0 Å². The van der Waals surface area contributed by atoms with Crippen LogP contribution >= 0.6 is 0 Å². The molecule has 3 nitrogen and oxygen atoms in total. The Kier molecular flexibility index (Phi) is 5.15. The molecule has 1 aromatic carbocycles. The number of benzene rings is 1. The first-order valence-electron chi connectivity index (χ1n) is 8.02. The molecule has 0 aromatic heterocycles. The maximum absolute atomic E-state index is 6.84. The molecule has 0 radical (unpaired) electrons. The van der Waals surface area contributed by atoms with Crippen LogP contribution in [0.15, 0.2) is 18.2 Å². The van der Waals surface area contributed by atoms with Crippen LogP contribution in [0.3, 0.4) is 0 Å². The van der Waals surface area contributed by atoms with E-state index in [1.54, 1.807) is 14.2 Å². The highest BCUT2D eigenvalue weighted by Gasteiger charge is 2.36. The molecule has 21 heavy (non-hydrogen) atoms. The van der Waals surface area contributed by atoms with Crippen molar-refractivity contribution in [1.29, 1.82) is 0 Å². The van der Waals surface area contributed by atoms with Crippen molar-refractivity contribution in [2.24, 2.45) is 17.6 Å². The van der Waals surface area contributed by atoms with Gasteiger partial charge in [0.25, 0.3) is 0 Å². The molecule has 0 spiro atoms. The van der Waals surface area contributed by atoms with Crippen LogP contribution < -0.4 is 15.2 Å². The van der Waals surface area contributed by atoms with Gasteiger partial charge in [-0.2, -0.15) is 0 Å². The van der Waals surface area contributed by atoms with E-state index in [0.29, 0.717) is 0 Å². The van der Waals surface area contributed by atoms with Gasteiger partial charge in [0, 0.05) is 5.54 Å². The van der Waals surface area contributed by atoms with Gasteiger partial charge in [0.1, 0.15) is 11.5 Å². The Hall–Kier alpha value is -1.22. The average Bonchev–Trinajstić information content (AvgIpc) is 2.69. The van der Waals surface area contributed by atoms with Crippen LogP contribution in [-0.2, 0) is 5.54 Å². The standard InChI is InChI=1S/C18H29NO2/c1-13(2)14-7-6-11-18(19,12-10-14)17-15(20-3)8-5-9-16(17)21-4/h5,8-9,13-14H,6-7,10-12,19H2,1-4H3. The molecule has 0 heterocycles. The highest BCUT2D eigenvalue weighted by molar-refractivity contribution is 5.49. The largest absolute Gasteiger partial charge is 0.496 e. The second-order valence-corrected chi connectivity index (χ2v) is 6.63. The molecule has 0 bridgehead atoms. The molecule has 1 fully saturated rings. The van der Waals surface area contributed by atoms with Crippen LogP contribution in [0.25, 0.3) is 0 Å². The van der Waals surface area contributed by atoms with Gasteiger partial charge >= 0.3 is 0 Å². The smallest absolute Gasteiger partial charge is 0.127 e. The van der Waals surface area contributed by atoms with E-state index in [1.807, 2.05) is 18.2 Å². The highest BCUT2D eigenvalue weighted by atomic mass is 16.5. The zero-order valence-corrected chi connectivity index (χ0v) is 13.8. The average molecular weight is 291 g/mol. The SMILES string of the molecule is COc1cccc(OC)c1C1(N)CCCC(C(C)C)CC1.